The smallest absolute Gasteiger partial charge is 0.253 e. The van der Waals surface area contributed by atoms with Gasteiger partial charge in [0.2, 0.25) is 0 Å². The number of rotatable bonds is 5. The minimum Gasteiger partial charge on any atom is -0.345 e. The Morgan fingerprint density at radius 2 is 2.08 bits per heavy atom. The molecule has 0 unspecified atom stereocenters. The van der Waals surface area contributed by atoms with Crippen LogP contribution in [0.25, 0.3) is 0 Å². The molecule has 1 atom stereocenters. The molecule has 5 heteroatoms. The van der Waals surface area contributed by atoms with Crippen LogP contribution < -0.4 is 0 Å². The molecule has 2 heterocycles. The van der Waals surface area contributed by atoms with Gasteiger partial charge in [-0.3, -0.25) is 14.4 Å². The minimum atomic E-state index is 0.0578. The molecule has 1 saturated heterocycles. The molecule has 1 aromatic carbocycles. The van der Waals surface area contributed by atoms with Crippen LogP contribution >= 0.6 is 0 Å². The Morgan fingerprint density at radius 1 is 1.28 bits per heavy atom. The molecule has 25 heavy (non-hydrogen) atoms. The summed E-state index contributed by atoms with van der Waals surface area (Å²) < 4.78 is 2.13. The molecule has 0 aliphatic carbocycles. The van der Waals surface area contributed by atoms with E-state index in [1.54, 1.807) is 19.0 Å². The third-order valence-corrected chi connectivity index (χ3v) is 4.95. The first kappa shape index (κ1) is 17.7. The van der Waals surface area contributed by atoms with Crippen LogP contribution in [0.1, 0.15) is 40.2 Å². The first-order valence-electron chi connectivity index (χ1n) is 9.00. The van der Waals surface area contributed by atoms with Crippen molar-refractivity contribution >= 4 is 5.91 Å². The Labute approximate surface area is 150 Å². The molecule has 0 radical (unpaired) electrons. The summed E-state index contributed by atoms with van der Waals surface area (Å²) in [4.78, 5) is 16.3. The molecule has 0 bridgehead atoms. The number of aryl methyl sites for hydroxylation is 2. The zero-order valence-corrected chi connectivity index (χ0v) is 15.7. The van der Waals surface area contributed by atoms with E-state index in [9.17, 15) is 4.79 Å². The monoisotopic (exact) mass is 340 g/mol. The fourth-order valence-electron chi connectivity index (χ4n) is 3.66. The lowest BCUT2D eigenvalue weighted by molar-refractivity contribution is 0.0827. The zero-order chi connectivity index (χ0) is 18.0. The lowest BCUT2D eigenvalue weighted by Crippen LogP contribution is -2.33. The van der Waals surface area contributed by atoms with Gasteiger partial charge in [0.05, 0.1) is 12.2 Å². The van der Waals surface area contributed by atoms with Gasteiger partial charge in [0.15, 0.2) is 0 Å². The van der Waals surface area contributed by atoms with Gasteiger partial charge in [-0.05, 0) is 57.0 Å². The summed E-state index contributed by atoms with van der Waals surface area (Å²) in [7, 11) is 3.58. The van der Waals surface area contributed by atoms with Gasteiger partial charge < -0.3 is 4.90 Å². The molecule has 0 spiro atoms. The van der Waals surface area contributed by atoms with Gasteiger partial charge in [-0.25, -0.2) is 0 Å². The Morgan fingerprint density at radius 3 is 2.76 bits per heavy atom. The Hall–Kier alpha value is -2.14. The van der Waals surface area contributed by atoms with E-state index >= 15 is 0 Å². The summed E-state index contributed by atoms with van der Waals surface area (Å²) >= 11 is 0. The maximum absolute atomic E-state index is 12.2. The SMILES string of the molecule is Cc1cc(C)n(C[C@@H]2CCCN2Cc2cccc(C(=O)N(C)C)c2)n1. The summed E-state index contributed by atoms with van der Waals surface area (Å²) in [5, 5.41) is 4.61. The Bertz CT molecular complexity index is 750. The Balaban J connectivity index is 1.70. The number of aromatic nitrogens is 2. The van der Waals surface area contributed by atoms with Gasteiger partial charge >= 0.3 is 0 Å². The number of carbonyl (C=O) groups is 1. The highest BCUT2D eigenvalue weighted by Crippen LogP contribution is 2.22. The molecular weight excluding hydrogens is 312 g/mol. The maximum atomic E-state index is 12.2. The second-order valence-corrected chi connectivity index (χ2v) is 7.28. The molecular formula is C20H28N4O. The minimum absolute atomic E-state index is 0.0578. The lowest BCUT2D eigenvalue weighted by Gasteiger charge is -2.25. The quantitative estimate of drug-likeness (QED) is 0.840. The van der Waals surface area contributed by atoms with Crippen LogP contribution in [0.4, 0.5) is 0 Å². The number of likely N-dealkylation sites (tertiary alicyclic amines) is 1. The lowest BCUT2D eigenvalue weighted by atomic mass is 10.1. The first-order chi connectivity index (χ1) is 11.9. The van der Waals surface area contributed by atoms with E-state index in [4.69, 9.17) is 0 Å². The van der Waals surface area contributed by atoms with Gasteiger partial charge in [0.1, 0.15) is 0 Å². The average Bonchev–Trinajstić information content (AvgIpc) is 3.13. The van der Waals surface area contributed by atoms with Crippen molar-refractivity contribution in [3.8, 4) is 0 Å². The average molecular weight is 340 g/mol. The fourth-order valence-corrected chi connectivity index (χ4v) is 3.66. The van der Waals surface area contributed by atoms with Crippen LogP contribution in [0.5, 0.6) is 0 Å². The molecule has 1 aliphatic rings. The number of hydrogen-bond acceptors (Lipinski definition) is 3. The number of hydrogen-bond donors (Lipinski definition) is 0. The molecule has 1 fully saturated rings. The molecule has 0 N–H and O–H groups in total. The normalized spacial score (nSPS) is 17.8. The molecule has 1 aliphatic heterocycles. The predicted octanol–water partition coefficient (Wildman–Crippen LogP) is 2.87. The molecule has 1 aromatic heterocycles. The van der Waals surface area contributed by atoms with Crippen LogP contribution in [0, 0.1) is 13.8 Å². The molecule has 2 aromatic rings. The number of carbonyl (C=O) groups excluding carboxylic acids is 1. The van der Waals surface area contributed by atoms with Crippen molar-refractivity contribution in [2.75, 3.05) is 20.6 Å². The standard InChI is InChI=1S/C20H28N4O/c1-15-11-16(2)24(21-15)14-19-9-6-10-23(19)13-17-7-5-8-18(12-17)20(25)22(3)4/h5,7-8,11-12,19H,6,9-10,13-14H2,1-4H3/t19-/m0/s1. The van der Waals surface area contributed by atoms with Gasteiger partial charge in [-0.1, -0.05) is 12.1 Å². The maximum Gasteiger partial charge on any atom is 0.253 e. The zero-order valence-electron chi connectivity index (χ0n) is 15.7. The number of benzene rings is 1. The fraction of sp³-hybridized carbons (Fsp3) is 0.500. The largest absolute Gasteiger partial charge is 0.345 e. The number of amides is 1. The van der Waals surface area contributed by atoms with Crippen molar-refractivity contribution in [3.05, 3.63) is 52.8 Å². The van der Waals surface area contributed by atoms with E-state index in [1.807, 2.05) is 25.1 Å². The Kier molecular flexibility index (Phi) is 5.23. The summed E-state index contributed by atoms with van der Waals surface area (Å²) in [6.07, 6.45) is 2.43. The molecule has 134 valence electrons. The highest BCUT2D eigenvalue weighted by Gasteiger charge is 2.25. The number of nitrogens with zero attached hydrogens (tertiary/aromatic N) is 4. The van der Waals surface area contributed by atoms with Gasteiger partial charge in [0, 0.05) is 37.9 Å². The van der Waals surface area contributed by atoms with Crippen molar-refractivity contribution in [1.29, 1.82) is 0 Å². The van der Waals surface area contributed by atoms with E-state index in [2.05, 4.69) is 33.7 Å². The first-order valence-corrected chi connectivity index (χ1v) is 9.00. The van der Waals surface area contributed by atoms with E-state index < -0.39 is 0 Å². The second kappa shape index (κ2) is 7.40. The van der Waals surface area contributed by atoms with Crippen molar-refractivity contribution < 1.29 is 4.79 Å². The third-order valence-electron chi connectivity index (χ3n) is 4.95. The van der Waals surface area contributed by atoms with Crippen molar-refractivity contribution in [2.24, 2.45) is 0 Å². The van der Waals surface area contributed by atoms with E-state index in [0.717, 1.165) is 30.9 Å². The van der Waals surface area contributed by atoms with E-state index in [-0.39, 0.29) is 5.91 Å². The third kappa shape index (κ3) is 4.10. The highest BCUT2D eigenvalue weighted by molar-refractivity contribution is 5.94. The van der Waals surface area contributed by atoms with E-state index in [0.29, 0.717) is 6.04 Å². The molecule has 1 amide bonds. The van der Waals surface area contributed by atoms with Crippen LogP contribution in [0.2, 0.25) is 0 Å². The molecule has 0 saturated carbocycles. The topological polar surface area (TPSA) is 41.4 Å². The van der Waals surface area contributed by atoms with Crippen LogP contribution in [0.3, 0.4) is 0 Å². The van der Waals surface area contributed by atoms with Crippen molar-refractivity contribution in [1.82, 2.24) is 19.6 Å². The summed E-state index contributed by atoms with van der Waals surface area (Å²) in [6, 6.07) is 10.7. The predicted molar refractivity (Wildman–Crippen MR) is 99.6 cm³/mol. The van der Waals surface area contributed by atoms with Gasteiger partial charge in [-0.2, -0.15) is 5.10 Å². The van der Waals surface area contributed by atoms with Crippen molar-refractivity contribution in [2.45, 2.75) is 45.8 Å². The summed E-state index contributed by atoms with van der Waals surface area (Å²) in [6.45, 7) is 7.10. The van der Waals surface area contributed by atoms with E-state index in [1.165, 1.54) is 24.1 Å². The summed E-state index contributed by atoms with van der Waals surface area (Å²) in [5.41, 5.74) is 4.27. The van der Waals surface area contributed by atoms with Crippen molar-refractivity contribution in [3.63, 3.8) is 0 Å². The highest BCUT2D eigenvalue weighted by atomic mass is 16.2. The molecule has 5 nitrogen and oxygen atoms in total. The summed E-state index contributed by atoms with van der Waals surface area (Å²) in [5.74, 6) is 0.0578. The van der Waals surface area contributed by atoms with Crippen LogP contribution in [-0.4, -0.2) is 52.2 Å². The van der Waals surface area contributed by atoms with Gasteiger partial charge in [0.25, 0.3) is 5.91 Å². The van der Waals surface area contributed by atoms with Crippen LogP contribution in [0.15, 0.2) is 30.3 Å². The second-order valence-electron chi connectivity index (χ2n) is 7.28. The molecule has 3 rings (SSSR count). The van der Waals surface area contributed by atoms with Crippen LogP contribution in [-0.2, 0) is 13.1 Å². The van der Waals surface area contributed by atoms with Gasteiger partial charge in [-0.15, -0.1) is 0 Å².